The van der Waals surface area contributed by atoms with Crippen molar-refractivity contribution in [2.45, 2.75) is 48.6 Å². The lowest BCUT2D eigenvalue weighted by atomic mass is 9.79. The summed E-state index contributed by atoms with van der Waals surface area (Å²) in [5.74, 6) is 0.558. The van der Waals surface area contributed by atoms with Crippen molar-refractivity contribution in [3.05, 3.63) is 53.9 Å². The molecule has 2 atom stereocenters. The maximum Gasteiger partial charge on any atom is 0.251 e. The molecule has 1 N–H and O–H groups in total. The third-order valence-electron chi connectivity index (χ3n) is 5.92. The van der Waals surface area contributed by atoms with E-state index in [0.717, 1.165) is 22.9 Å². The number of nitrogens with zero attached hydrogens (tertiary/aromatic N) is 2. The minimum atomic E-state index is -0.0450. The molecule has 1 aromatic carbocycles. The van der Waals surface area contributed by atoms with Crippen LogP contribution in [0.5, 0.6) is 0 Å². The minimum Gasteiger partial charge on any atom is -0.347 e. The third-order valence-corrected chi connectivity index (χ3v) is 6.92. The van der Waals surface area contributed by atoms with Crippen LogP contribution in [-0.2, 0) is 0 Å². The van der Waals surface area contributed by atoms with Crippen LogP contribution in [0.1, 0.15) is 47.5 Å². The zero-order valence-corrected chi connectivity index (χ0v) is 17.0. The number of carbonyl (C=O) groups excluding carboxylic acids is 2. The Hall–Kier alpha value is -2.18. The molecule has 3 aliphatic heterocycles. The number of ketones is 1. The first kappa shape index (κ1) is 19.2. The molecular weight excluding hydrogens is 370 g/mol. The lowest BCUT2D eigenvalue weighted by Crippen LogP contribution is -2.62. The van der Waals surface area contributed by atoms with Gasteiger partial charge in [-0.2, -0.15) is 0 Å². The van der Waals surface area contributed by atoms with E-state index in [9.17, 15) is 9.59 Å². The monoisotopic (exact) mass is 395 g/mol. The third kappa shape index (κ3) is 3.98. The molecule has 4 heterocycles. The predicted molar refractivity (Wildman–Crippen MR) is 110 cm³/mol. The average Bonchev–Trinajstić information content (AvgIpc) is 2.71. The zero-order chi connectivity index (χ0) is 19.7. The number of hydrogen-bond donors (Lipinski definition) is 1. The highest BCUT2D eigenvalue weighted by Crippen LogP contribution is 2.32. The predicted octanol–water partition coefficient (Wildman–Crippen LogP) is 3.65. The number of amides is 1. The van der Waals surface area contributed by atoms with E-state index < -0.39 is 0 Å². The molecule has 28 heavy (non-hydrogen) atoms. The second-order valence-electron chi connectivity index (χ2n) is 7.67. The summed E-state index contributed by atoms with van der Waals surface area (Å²) in [5, 5.41) is 3.27. The Labute approximate surface area is 169 Å². The molecule has 146 valence electrons. The molecule has 5 nitrogen and oxygen atoms in total. The minimum absolute atomic E-state index is 0.00456. The van der Waals surface area contributed by atoms with Crippen LogP contribution in [0.15, 0.2) is 52.4 Å². The first-order valence-electron chi connectivity index (χ1n) is 9.81. The van der Waals surface area contributed by atoms with E-state index in [0.29, 0.717) is 23.2 Å². The fourth-order valence-corrected chi connectivity index (χ4v) is 5.10. The molecular formula is C22H25N3O2S. The molecule has 3 fully saturated rings. The maximum atomic E-state index is 12.7. The summed E-state index contributed by atoms with van der Waals surface area (Å²) in [7, 11) is 0. The van der Waals surface area contributed by atoms with Gasteiger partial charge in [-0.3, -0.25) is 19.5 Å². The van der Waals surface area contributed by atoms with Gasteiger partial charge in [-0.1, -0.05) is 11.8 Å². The molecule has 3 aliphatic rings. The normalized spacial score (nSPS) is 26.1. The van der Waals surface area contributed by atoms with Crippen LogP contribution < -0.4 is 5.32 Å². The highest BCUT2D eigenvalue weighted by molar-refractivity contribution is 7.99. The summed E-state index contributed by atoms with van der Waals surface area (Å²) < 4.78 is 0. The molecule has 1 aromatic heterocycles. The number of piperidine rings is 3. The summed E-state index contributed by atoms with van der Waals surface area (Å²) in [5.41, 5.74) is 1.15. The molecule has 1 amide bonds. The van der Waals surface area contributed by atoms with Crippen LogP contribution >= 0.6 is 11.8 Å². The Morgan fingerprint density at radius 3 is 2.46 bits per heavy atom. The van der Waals surface area contributed by atoms with Crippen molar-refractivity contribution in [2.24, 2.45) is 5.92 Å². The first-order chi connectivity index (χ1) is 13.5. The van der Waals surface area contributed by atoms with Crippen molar-refractivity contribution in [3.8, 4) is 0 Å². The highest BCUT2D eigenvalue weighted by atomic mass is 32.2. The van der Waals surface area contributed by atoms with Gasteiger partial charge in [0.2, 0.25) is 0 Å². The van der Waals surface area contributed by atoms with E-state index in [2.05, 4.69) is 22.1 Å². The number of Topliss-reactive ketones (excluding diaryl/α,β-unsaturated/α-hetero) is 1. The molecule has 2 unspecified atom stereocenters. The largest absolute Gasteiger partial charge is 0.347 e. The molecule has 6 heteroatoms. The van der Waals surface area contributed by atoms with Gasteiger partial charge < -0.3 is 5.32 Å². The van der Waals surface area contributed by atoms with E-state index in [4.69, 9.17) is 0 Å². The molecule has 0 spiro atoms. The summed E-state index contributed by atoms with van der Waals surface area (Å²) in [6.07, 6.45) is 4.01. The lowest BCUT2D eigenvalue weighted by Gasteiger charge is -2.49. The van der Waals surface area contributed by atoms with Crippen LogP contribution in [0.4, 0.5) is 0 Å². The van der Waals surface area contributed by atoms with Gasteiger partial charge >= 0.3 is 0 Å². The molecule has 0 radical (unpaired) electrons. The van der Waals surface area contributed by atoms with Crippen molar-refractivity contribution in [3.63, 3.8) is 0 Å². The van der Waals surface area contributed by atoms with E-state index in [1.165, 1.54) is 19.8 Å². The van der Waals surface area contributed by atoms with Crippen LogP contribution in [-0.4, -0.2) is 46.7 Å². The number of aromatic nitrogens is 1. The second-order valence-corrected chi connectivity index (χ2v) is 8.82. The van der Waals surface area contributed by atoms with Gasteiger partial charge in [0, 0.05) is 40.6 Å². The van der Waals surface area contributed by atoms with Crippen LogP contribution in [0, 0.1) is 5.92 Å². The van der Waals surface area contributed by atoms with Gasteiger partial charge in [-0.25, -0.2) is 0 Å². The van der Waals surface area contributed by atoms with Gasteiger partial charge in [0.15, 0.2) is 5.78 Å². The standard InChI is InChI=1S/C22H25N3O2S/c1-14-21(16-8-11-25(14)12-9-16)24-22(27)17-3-5-18(6-4-17)28-19-7-10-23-20(13-19)15(2)26/h3-7,10,13-14,16,21H,8-9,11-12H2,1-2H3,(H,24,27). The van der Waals surface area contributed by atoms with Gasteiger partial charge in [-0.15, -0.1) is 0 Å². The number of carbonyl (C=O) groups is 2. The van der Waals surface area contributed by atoms with Crippen LogP contribution in [0.2, 0.25) is 0 Å². The van der Waals surface area contributed by atoms with Gasteiger partial charge in [0.05, 0.1) is 0 Å². The maximum absolute atomic E-state index is 12.7. The number of hydrogen-bond acceptors (Lipinski definition) is 5. The SMILES string of the molecule is CC(=O)c1cc(Sc2ccc(C(=O)NC3C4CCN(CC4)C3C)cc2)ccn1. The smallest absolute Gasteiger partial charge is 0.251 e. The fraction of sp³-hybridized carbons (Fsp3) is 0.409. The highest BCUT2D eigenvalue weighted by Gasteiger charge is 2.40. The molecule has 2 bridgehead atoms. The quantitative estimate of drug-likeness (QED) is 0.783. The number of benzene rings is 1. The molecule has 0 aliphatic carbocycles. The van der Waals surface area contributed by atoms with E-state index in [1.54, 1.807) is 24.0 Å². The van der Waals surface area contributed by atoms with E-state index in [1.807, 2.05) is 30.3 Å². The summed E-state index contributed by atoms with van der Waals surface area (Å²) in [6, 6.07) is 12.0. The topological polar surface area (TPSA) is 62.3 Å². The van der Waals surface area contributed by atoms with Gasteiger partial charge in [-0.05, 0) is 75.2 Å². The Morgan fingerprint density at radius 1 is 1.11 bits per heavy atom. The first-order valence-corrected chi connectivity index (χ1v) is 10.6. The summed E-state index contributed by atoms with van der Waals surface area (Å²) in [6.45, 7) is 6.05. The Kier molecular flexibility index (Phi) is 5.51. The van der Waals surface area contributed by atoms with Crippen molar-refractivity contribution < 1.29 is 9.59 Å². The Morgan fingerprint density at radius 2 is 1.82 bits per heavy atom. The van der Waals surface area contributed by atoms with Crippen molar-refractivity contribution in [1.82, 2.24) is 15.2 Å². The summed E-state index contributed by atoms with van der Waals surface area (Å²) in [4.78, 5) is 32.8. The van der Waals surface area contributed by atoms with Crippen molar-refractivity contribution >= 4 is 23.5 Å². The van der Waals surface area contributed by atoms with E-state index >= 15 is 0 Å². The van der Waals surface area contributed by atoms with Crippen LogP contribution in [0.3, 0.4) is 0 Å². The van der Waals surface area contributed by atoms with E-state index in [-0.39, 0.29) is 17.7 Å². The zero-order valence-electron chi connectivity index (χ0n) is 16.2. The van der Waals surface area contributed by atoms with Crippen LogP contribution in [0.25, 0.3) is 0 Å². The summed E-state index contributed by atoms with van der Waals surface area (Å²) >= 11 is 1.55. The lowest BCUT2D eigenvalue weighted by molar-refractivity contribution is 0.0217. The number of pyridine rings is 1. The number of nitrogens with one attached hydrogen (secondary N) is 1. The van der Waals surface area contributed by atoms with Gasteiger partial charge in [0.1, 0.15) is 5.69 Å². The molecule has 2 aromatic rings. The average molecular weight is 396 g/mol. The Balaban J connectivity index is 1.41. The molecule has 3 saturated heterocycles. The number of fused-ring (bicyclic) bond motifs is 3. The molecule has 0 saturated carbocycles. The number of rotatable bonds is 5. The van der Waals surface area contributed by atoms with Crippen molar-refractivity contribution in [1.29, 1.82) is 0 Å². The van der Waals surface area contributed by atoms with Crippen molar-refractivity contribution in [2.75, 3.05) is 13.1 Å². The Bertz CT molecular complexity index is 874. The fourth-order valence-electron chi connectivity index (χ4n) is 4.26. The molecule has 5 rings (SSSR count). The second kappa shape index (κ2) is 8.05. The van der Waals surface area contributed by atoms with Gasteiger partial charge in [0.25, 0.3) is 5.91 Å².